The molecule has 11 heavy (non-hydrogen) atoms. The van der Waals surface area contributed by atoms with Gasteiger partial charge >= 0.3 is 10.4 Å². The van der Waals surface area contributed by atoms with Crippen molar-refractivity contribution in [3.63, 3.8) is 0 Å². The van der Waals surface area contributed by atoms with Crippen LogP contribution in [0.4, 0.5) is 0 Å². The Hall–Kier alpha value is -0.130. The predicted octanol–water partition coefficient (Wildman–Crippen LogP) is 1.40. The topological polar surface area (TPSA) is 74.6 Å². The van der Waals surface area contributed by atoms with E-state index in [0.717, 1.165) is 5.92 Å². The third-order valence-corrected chi connectivity index (χ3v) is 2.01. The molecular weight excluding hydrogens is 168 g/mol. The van der Waals surface area contributed by atoms with E-state index < -0.39 is 10.4 Å². The summed E-state index contributed by atoms with van der Waals surface area (Å²) in [6.45, 7) is 6.94. The van der Waals surface area contributed by atoms with Gasteiger partial charge in [-0.3, -0.25) is 9.11 Å². The molecule has 1 aliphatic carbocycles. The normalized spacial score (nSPS) is 26.8. The molecule has 1 saturated carbocycles. The van der Waals surface area contributed by atoms with Crippen LogP contribution in [0.25, 0.3) is 0 Å². The molecule has 0 heterocycles. The van der Waals surface area contributed by atoms with Gasteiger partial charge in [0.05, 0.1) is 0 Å². The fraction of sp³-hybridized carbons (Fsp3) is 1.00. The summed E-state index contributed by atoms with van der Waals surface area (Å²) >= 11 is 0. The molecule has 2 N–H and O–H groups in total. The number of rotatable bonds is 0. The predicted molar refractivity (Wildman–Crippen MR) is 41.7 cm³/mol. The average molecular weight is 182 g/mol. The molecule has 4 nitrogen and oxygen atoms in total. The Kier molecular flexibility index (Phi) is 3.05. The molecule has 0 aliphatic heterocycles. The van der Waals surface area contributed by atoms with Crippen molar-refractivity contribution in [3.8, 4) is 0 Å². The Morgan fingerprint density at radius 2 is 1.45 bits per heavy atom. The highest BCUT2D eigenvalue weighted by Crippen LogP contribution is 2.50. The van der Waals surface area contributed by atoms with Crippen molar-refractivity contribution in [2.45, 2.75) is 27.2 Å². The highest BCUT2D eigenvalue weighted by Gasteiger charge is 2.41. The number of hydrogen-bond acceptors (Lipinski definition) is 2. The second kappa shape index (κ2) is 3.08. The van der Waals surface area contributed by atoms with Gasteiger partial charge in [0.1, 0.15) is 0 Å². The van der Waals surface area contributed by atoms with Crippen LogP contribution in [0.2, 0.25) is 0 Å². The smallest absolute Gasteiger partial charge is 0.264 e. The molecule has 0 aromatic carbocycles. The van der Waals surface area contributed by atoms with Crippen molar-refractivity contribution in [3.05, 3.63) is 0 Å². The summed E-state index contributed by atoms with van der Waals surface area (Å²) in [6, 6.07) is 0. The van der Waals surface area contributed by atoms with E-state index in [0.29, 0.717) is 5.41 Å². The first-order valence-corrected chi connectivity index (χ1v) is 4.72. The molecule has 0 aromatic rings. The molecule has 0 saturated heterocycles. The van der Waals surface area contributed by atoms with E-state index in [1.165, 1.54) is 6.42 Å². The molecule has 0 amide bonds. The Balaban J connectivity index is 0.000000187. The van der Waals surface area contributed by atoms with Gasteiger partial charge in [-0.05, 0) is 17.8 Å². The Morgan fingerprint density at radius 3 is 1.45 bits per heavy atom. The second-order valence-electron chi connectivity index (χ2n) is 3.54. The summed E-state index contributed by atoms with van der Waals surface area (Å²) in [6.07, 6.45) is 1.44. The summed E-state index contributed by atoms with van der Waals surface area (Å²) < 4.78 is 31.6. The van der Waals surface area contributed by atoms with Gasteiger partial charge in [-0.2, -0.15) is 8.42 Å². The van der Waals surface area contributed by atoms with Gasteiger partial charge in [0.15, 0.2) is 0 Å². The van der Waals surface area contributed by atoms with Crippen molar-refractivity contribution < 1.29 is 17.5 Å². The Bertz CT molecular complexity index is 209. The van der Waals surface area contributed by atoms with E-state index in [-0.39, 0.29) is 0 Å². The summed E-state index contributed by atoms with van der Waals surface area (Å²) in [5, 5.41) is 0. The fourth-order valence-electron chi connectivity index (χ4n) is 0.730. The van der Waals surface area contributed by atoms with E-state index in [1.54, 1.807) is 0 Å². The fourth-order valence-corrected chi connectivity index (χ4v) is 0.730. The van der Waals surface area contributed by atoms with Gasteiger partial charge in [0.2, 0.25) is 0 Å². The minimum absolute atomic E-state index is 0.708. The van der Waals surface area contributed by atoms with Crippen molar-refractivity contribution >= 4 is 10.4 Å². The monoisotopic (exact) mass is 182 g/mol. The first-order chi connectivity index (χ1) is 4.63. The molecule has 5 heteroatoms. The summed E-state index contributed by atoms with van der Waals surface area (Å²) in [5.41, 5.74) is 0.708. The standard InChI is InChI=1S/C6H12.H2O4S/c1-5-4-6(5,2)3;1-5(2,3)4/h5H,4H2,1-3H3;(H2,1,2,3,4). The third-order valence-electron chi connectivity index (χ3n) is 2.01. The van der Waals surface area contributed by atoms with E-state index in [4.69, 9.17) is 17.5 Å². The average Bonchev–Trinajstić information content (AvgIpc) is 2.04. The van der Waals surface area contributed by atoms with Gasteiger partial charge in [0.25, 0.3) is 0 Å². The largest absolute Gasteiger partial charge is 0.394 e. The maximum absolute atomic E-state index is 8.74. The maximum Gasteiger partial charge on any atom is 0.394 e. The van der Waals surface area contributed by atoms with Crippen molar-refractivity contribution in [2.75, 3.05) is 0 Å². The van der Waals surface area contributed by atoms with Crippen LogP contribution in [-0.2, 0) is 10.4 Å². The van der Waals surface area contributed by atoms with Crippen molar-refractivity contribution in [2.24, 2.45) is 11.3 Å². The van der Waals surface area contributed by atoms with Crippen LogP contribution in [0.1, 0.15) is 27.2 Å². The molecule has 1 rings (SSSR count). The number of hydrogen-bond donors (Lipinski definition) is 2. The van der Waals surface area contributed by atoms with Crippen LogP contribution in [-0.4, -0.2) is 17.5 Å². The van der Waals surface area contributed by atoms with Crippen LogP contribution < -0.4 is 0 Å². The quantitative estimate of drug-likeness (QED) is 0.555. The summed E-state index contributed by atoms with van der Waals surface area (Å²) in [7, 11) is -4.67. The molecule has 1 aliphatic rings. The van der Waals surface area contributed by atoms with Crippen molar-refractivity contribution in [1.29, 1.82) is 0 Å². The molecule has 1 atom stereocenters. The minimum Gasteiger partial charge on any atom is -0.264 e. The molecular formula is C6H14O4S. The Morgan fingerprint density at radius 1 is 1.36 bits per heavy atom. The van der Waals surface area contributed by atoms with E-state index in [2.05, 4.69) is 20.8 Å². The zero-order chi connectivity index (χ0) is 9.28. The molecule has 0 radical (unpaired) electrons. The van der Waals surface area contributed by atoms with E-state index in [1.807, 2.05) is 0 Å². The van der Waals surface area contributed by atoms with Crippen LogP contribution in [0, 0.1) is 11.3 Å². The molecule has 68 valence electrons. The minimum atomic E-state index is -4.67. The maximum atomic E-state index is 8.74. The zero-order valence-electron chi connectivity index (χ0n) is 6.90. The summed E-state index contributed by atoms with van der Waals surface area (Å²) in [5.74, 6) is 0.998. The van der Waals surface area contributed by atoms with Gasteiger partial charge in [-0.1, -0.05) is 20.8 Å². The first-order valence-electron chi connectivity index (χ1n) is 3.33. The first kappa shape index (κ1) is 10.9. The molecule has 0 bridgehead atoms. The molecule has 1 fully saturated rings. The van der Waals surface area contributed by atoms with Crippen molar-refractivity contribution in [1.82, 2.24) is 0 Å². The van der Waals surface area contributed by atoms with Crippen LogP contribution in [0.15, 0.2) is 0 Å². The lowest BCUT2D eigenvalue weighted by atomic mass is 10.1. The van der Waals surface area contributed by atoms with Gasteiger partial charge in [0, 0.05) is 0 Å². The van der Waals surface area contributed by atoms with Crippen LogP contribution >= 0.6 is 0 Å². The SMILES string of the molecule is CC1CC1(C)C.O=S(=O)(O)O. The summed E-state index contributed by atoms with van der Waals surface area (Å²) in [4.78, 5) is 0. The lowest BCUT2D eigenvalue weighted by Crippen LogP contribution is -1.89. The highest BCUT2D eigenvalue weighted by atomic mass is 32.3. The van der Waals surface area contributed by atoms with Gasteiger partial charge < -0.3 is 0 Å². The molecule has 1 unspecified atom stereocenters. The second-order valence-corrected chi connectivity index (χ2v) is 4.44. The van der Waals surface area contributed by atoms with Crippen LogP contribution in [0.5, 0.6) is 0 Å². The Labute approximate surface area is 67.2 Å². The zero-order valence-corrected chi connectivity index (χ0v) is 7.72. The van der Waals surface area contributed by atoms with Gasteiger partial charge in [-0.25, -0.2) is 0 Å². The lowest BCUT2D eigenvalue weighted by molar-refractivity contribution is 0.381. The highest BCUT2D eigenvalue weighted by molar-refractivity contribution is 7.79. The third kappa shape index (κ3) is 7.77. The lowest BCUT2D eigenvalue weighted by Gasteiger charge is -1.91. The van der Waals surface area contributed by atoms with E-state index in [9.17, 15) is 0 Å². The van der Waals surface area contributed by atoms with E-state index >= 15 is 0 Å². The molecule has 0 aromatic heterocycles. The molecule has 0 spiro atoms. The van der Waals surface area contributed by atoms with Crippen LogP contribution in [0.3, 0.4) is 0 Å². The van der Waals surface area contributed by atoms with Gasteiger partial charge in [-0.15, -0.1) is 0 Å².